The molecule has 0 heterocycles. The number of esters is 1. The lowest BCUT2D eigenvalue weighted by Crippen LogP contribution is -2.46. The van der Waals surface area contributed by atoms with Gasteiger partial charge in [0.2, 0.25) is 5.91 Å². The molecule has 0 saturated carbocycles. The summed E-state index contributed by atoms with van der Waals surface area (Å²) >= 11 is 0. The van der Waals surface area contributed by atoms with Gasteiger partial charge in [0.1, 0.15) is 29.0 Å². The Kier molecular flexibility index (Phi) is 6.81. The number of halogens is 2. The molecule has 148 valence electrons. The summed E-state index contributed by atoms with van der Waals surface area (Å²) in [5, 5.41) is 4.90. The van der Waals surface area contributed by atoms with Gasteiger partial charge < -0.3 is 15.4 Å². The molecule has 0 bridgehead atoms. The number of carbonyl (C=O) groups excluding carboxylic acids is 3. The smallest absolute Gasteiger partial charge is 0.334 e. The second-order valence-electron chi connectivity index (χ2n) is 6.42. The van der Waals surface area contributed by atoms with Crippen molar-refractivity contribution >= 4 is 23.5 Å². The van der Waals surface area contributed by atoms with Gasteiger partial charge in [0, 0.05) is 12.6 Å². The number of hydrogen-bond acceptors (Lipinski definition) is 4. The van der Waals surface area contributed by atoms with E-state index in [4.69, 9.17) is 4.74 Å². The zero-order valence-electron chi connectivity index (χ0n) is 15.6. The topological polar surface area (TPSA) is 84.5 Å². The maximum Gasteiger partial charge on any atom is 0.334 e. The molecule has 0 radical (unpaired) electrons. The third kappa shape index (κ3) is 5.35. The largest absolute Gasteiger partial charge is 0.425 e. The molecule has 0 aliphatic carbocycles. The number of ether oxygens (including phenoxy) is 1. The van der Waals surface area contributed by atoms with Gasteiger partial charge in [-0.15, -0.1) is 0 Å². The molecule has 0 aliphatic heterocycles. The van der Waals surface area contributed by atoms with E-state index < -0.39 is 41.0 Å². The van der Waals surface area contributed by atoms with Crippen molar-refractivity contribution in [3.8, 4) is 5.75 Å². The highest BCUT2D eigenvalue weighted by Crippen LogP contribution is 2.18. The molecule has 0 spiro atoms. The molecule has 0 aromatic heterocycles. The van der Waals surface area contributed by atoms with E-state index >= 15 is 0 Å². The van der Waals surface area contributed by atoms with Crippen molar-refractivity contribution in [1.82, 2.24) is 5.32 Å². The van der Waals surface area contributed by atoms with Gasteiger partial charge in [0.05, 0.1) is 0 Å². The number of benzene rings is 2. The van der Waals surface area contributed by atoms with E-state index in [1.54, 1.807) is 26.0 Å². The van der Waals surface area contributed by atoms with E-state index in [0.717, 1.165) is 18.2 Å². The first-order valence-electron chi connectivity index (χ1n) is 8.53. The minimum atomic E-state index is -1.12. The quantitative estimate of drug-likeness (QED) is 0.586. The highest BCUT2D eigenvalue weighted by Gasteiger charge is 2.28. The molecule has 2 aromatic rings. The molecule has 2 aromatic carbocycles. The zero-order chi connectivity index (χ0) is 20.8. The van der Waals surface area contributed by atoms with Crippen LogP contribution >= 0.6 is 0 Å². The Morgan fingerprint density at radius 1 is 0.964 bits per heavy atom. The number of anilines is 1. The molecular formula is C20H20F2N2O4. The molecule has 6 nitrogen and oxygen atoms in total. The van der Waals surface area contributed by atoms with E-state index in [1.165, 1.54) is 19.1 Å². The first kappa shape index (κ1) is 21.0. The van der Waals surface area contributed by atoms with Gasteiger partial charge in [-0.1, -0.05) is 19.9 Å². The monoisotopic (exact) mass is 390 g/mol. The van der Waals surface area contributed by atoms with Gasteiger partial charge in [0.25, 0.3) is 5.91 Å². The van der Waals surface area contributed by atoms with E-state index in [0.29, 0.717) is 5.69 Å². The minimum Gasteiger partial charge on any atom is -0.425 e. The maximum atomic E-state index is 13.8. The Bertz CT molecular complexity index is 862. The molecule has 1 unspecified atom stereocenters. The first-order valence-corrected chi connectivity index (χ1v) is 8.53. The van der Waals surface area contributed by atoms with E-state index in [9.17, 15) is 23.2 Å². The van der Waals surface area contributed by atoms with Crippen LogP contribution in [0.5, 0.6) is 5.75 Å². The number of carbonyl (C=O) groups is 3. The highest BCUT2D eigenvalue weighted by molar-refractivity contribution is 5.97. The second kappa shape index (κ2) is 9.07. The summed E-state index contributed by atoms with van der Waals surface area (Å²) in [6, 6.07) is 7.96. The van der Waals surface area contributed by atoms with Crippen molar-refractivity contribution in [2.45, 2.75) is 26.8 Å². The Hall–Kier alpha value is -3.29. The highest BCUT2D eigenvalue weighted by atomic mass is 19.1. The Balaban J connectivity index is 2.11. The predicted molar refractivity (Wildman–Crippen MR) is 98.8 cm³/mol. The number of amides is 2. The normalized spacial score (nSPS) is 11.6. The summed E-state index contributed by atoms with van der Waals surface area (Å²) in [6.07, 6.45) is 0. The molecular weight excluding hydrogens is 370 g/mol. The van der Waals surface area contributed by atoms with Gasteiger partial charge in [-0.2, -0.15) is 0 Å². The van der Waals surface area contributed by atoms with Crippen LogP contribution in [-0.4, -0.2) is 23.8 Å². The fourth-order valence-corrected chi connectivity index (χ4v) is 2.42. The van der Waals surface area contributed by atoms with E-state index in [2.05, 4.69) is 10.6 Å². The molecule has 28 heavy (non-hydrogen) atoms. The number of nitrogens with one attached hydrogen (secondary N) is 2. The van der Waals surface area contributed by atoms with Gasteiger partial charge in [-0.25, -0.2) is 13.6 Å². The molecule has 0 aliphatic rings. The van der Waals surface area contributed by atoms with Crippen LogP contribution in [0.4, 0.5) is 14.5 Å². The summed E-state index contributed by atoms with van der Waals surface area (Å²) in [5.41, 5.74) is -0.239. The summed E-state index contributed by atoms with van der Waals surface area (Å²) in [7, 11) is 0. The average molecular weight is 390 g/mol. The molecule has 0 saturated heterocycles. The fraction of sp³-hybridized carbons (Fsp3) is 0.250. The second-order valence-corrected chi connectivity index (χ2v) is 6.42. The summed E-state index contributed by atoms with van der Waals surface area (Å²) in [5.74, 6) is -4.34. The third-order valence-electron chi connectivity index (χ3n) is 3.79. The van der Waals surface area contributed by atoms with Crippen LogP contribution in [0.15, 0.2) is 42.5 Å². The van der Waals surface area contributed by atoms with Crippen LogP contribution in [0.1, 0.15) is 31.1 Å². The first-order chi connectivity index (χ1) is 13.2. The van der Waals surface area contributed by atoms with Crippen molar-refractivity contribution in [3.05, 3.63) is 59.7 Å². The summed E-state index contributed by atoms with van der Waals surface area (Å²) in [4.78, 5) is 35.7. The standard InChI is InChI=1S/C20H20F2N2O4/c1-11(2)18(24-19(26)17-15(21)5-4-6-16(17)22)20(27)28-14-9-7-13(8-10-14)23-12(3)25/h4-11,18H,1-3H3,(H,23,25)(H,24,26). The Morgan fingerprint density at radius 3 is 2.04 bits per heavy atom. The molecule has 2 rings (SSSR count). The molecule has 8 heteroatoms. The lowest BCUT2D eigenvalue weighted by atomic mass is 10.0. The van der Waals surface area contributed by atoms with Crippen LogP contribution in [0.25, 0.3) is 0 Å². The Labute approximate surface area is 160 Å². The van der Waals surface area contributed by atoms with Crippen molar-refractivity contribution in [2.75, 3.05) is 5.32 Å². The van der Waals surface area contributed by atoms with E-state index in [1.807, 2.05) is 0 Å². The molecule has 1 atom stereocenters. The van der Waals surface area contributed by atoms with Gasteiger partial charge in [0.15, 0.2) is 0 Å². The van der Waals surface area contributed by atoms with Crippen LogP contribution in [0, 0.1) is 17.6 Å². The van der Waals surface area contributed by atoms with Crippen molar-refractivity contribution in [1.29, 1.82) is 0 Å². The van der Waals surface area contributed by atoms with Crippen molar-refractivity contribution in [2.24, 2.45) is 5.92 Å². The average Bonchev–Trinajstić information content (AvgIpc) is 2.60. The van der Waals surface area contributed by atoms with Crippen LogP contribution in [-0.2, 0) is 9.59 Å². The number of hydrogen-bond donors (Lipinski definition) is 2. The van der Waals surface area contributed by atoms with Crippen LogP contribution < -0.4 is 15.4 Å². The lowest BCUT2D eigenvalue weighted by molar-refractivity contribution is -0.137. The van der Waals surface area contributed by atoms with Gasteiger partial charge in [-0.3, -0.25) is 9.59 Å². The van der Waals surface area contributed by atoms with Crippen molar-refractivity contribution < 1.29 is 27.9 Å². The lowest BCUT2D eigenvalue weighted by Gasteiger charge is -2.21. The zero-order valence-corrected chi connectivity index (χ0v) is 15.6. The Morgan fingerprint density at radius 2 is 1.54 bits per heavy atom. The fourth-order valence-electron chi connectivity index (χ4n) is 2.42. The summed E-state index contributed by atoms with van der Waals surface area (Å²) in [6.45, 7) is 4.68. The van der Waals surface area contributed by atoms with Crippen LogP contribution in [0.2, 0.25) is 0 Å². The molecule has 2 N–H and O–H groups in total. The molecule has 2 amide bonds. The van der Waals surface area contributed by atoms with Gasteiger partial charge in [-0.05, 0) is 42.3 Å². The maximum absolute atomic E-state index is 13.8. The predicted octanol–water partition coefficient (Wildman–Crippen LogP) is 3.28. The summed E-state index contributed by atoms with van der Waals surface area (Å²) < 4.78 is 32.8. The molecule has 0 fully saturated rings. The van der Waals surface area contributed by atoms with Crippen LogP contribution in [0.3, 0.4) is 0 Å². The van der Waals surface area contributed by atoms with Crippen molar-refractivity contribution in [3.63, 3.8) is 0 Å². The van der Waals surface area contributed by atoms with Gasteiger partial charge >= 0.3 is 5.97 Å². The minimum absolute atomic E-state index is 0.191. The SMILES string of the molecule is CC(=O)Nc1ccc(OC(=O)C(NC(=O)c2c(F)cccc2F)C(C)C)cc1. The van der Waals surface area contributed by atoms with E-state index in [-0.39, 0.29) is 11.7 Å². The number of rotatable bonds is 6. The third-order valence-corrected chi connectivity index (χ3v) is 3.79.